The predicted molar refractivity (Wildman–Crippen MR) is 101 cm³/mol. The molecule has 9 heteroatoms. The van der Waals surface area contributed by atoms with Crippen molar-refractivity contribution in [1.82, 2.24) is 4.98 Å². The monoisotopic (exact) mass is 379 g/mol. The molecule has 0 spiro atoms. The SMILES string of the molecule is CCN(CC)c1ccc(N=Nc2nc(Cl)c(C=O)s2)c(NC(C)=O)c1. The molecule has 2 aromatic rings. The molecule has 0 atom stereocenters. The van der Waals surface area contributed by atoms with Gasteiger partial charge in [-0.2, -0.15) is 0 Å². The van der Waals surface area contributed by atoms with Crippen LogP contribution in [0.1, 0.15) is 30.4 Å². The van der Waals surface area contributed by atoms with E-state index in [0.29, 0.717) is 22.5 Å². The molecule has 132 valence electrons. The Balaban J connectivity index is 2.36. The number of rotatable bonds is 7. The molecule has 0 saturated carbocycles. The lowest BCUT2D eigenvalue weighted by Crippen LogP contribution is -2.21. The van der Waals surface area contributed by atoms with Gasteiger partial charge in [0.15, 0.2) is 11.4 Å². The van der Waals surface area contributed by atoms with E-state index in [1.165, 1.54) is 6.92 Å². The molecule has 1 amide bonds. The smallest absolute Gasteiger partial charge is 0.232 e. The Morgan fingerprint density at radius 1 is 1.36 bits per heavy atom. The zero-order valence-corrected chi connectivity index (χ0v) is 15.7. The van der Waals surface area contributed by atoms with Gasteiger partial charge in [-0.05, 0) is 32.0 Å². The zero-order valence-electron chi connectivity index (χ0n) is 14.1. The van der Waals surface area contributed by atoms with Gasteiger partial charge in [-0.3, -0.25) is 9.59 Å². The van der Waals surface area contributed by atoms with Crippen LogP contribution in [-0.2, 0) is 4.79 Å². The molecule has 0 bridgehead atoms. The molecule has 0 aliphatic rings. The fourth-order valence-electron chi connectivity index (χ4n) is 2.20. The lowest BCUT2D eigenvalue weighted by molar-refractivity contribution is -0.114. The molecule has 2 rings (SSSR count). The highest BCUT2D eigenvalue weighted by molar-refractivity contribution is 7.17. The third-order valence-corrected chi connectivity index (χ3v) is 4.63. The summed E-state index contributed by atoms with van der Waals surface area (Å²) < 4.78 is 0. The molecule has 1 heterocycles. The van der Waals surface area contributed by atoms with E-state index in [9.17, 15) is 9.59 Å². The lowest BCUT2D eigenvalue weighted by Gasteiger charge is -2.22. The minimum Gasteiger partial charge on any atom is -0.372 e. The average molecular weight is 380 g/mol. The summed E-state index contributed by atoms with van der Waals surface area (Å²) in [5.74, 6) is -0.200. The van der Waals surface area contributed by atoms with E-state index >= 15 is 0 Å². The maximum Gasteiger partial charge on any atom is 0.232 e. The number of amides is 1. The molecule has 7 nitrogen and oxygen atoms in total. The second-order valence-corrected chi connectivity index (χ2v) is 6.39. The molecule has 0 aliphatic heterocycles. The Morgan fingerprint density at radius 2 is 2.08 bits per heavy atom. The minimum atomic E-state index is -0.200. The van der Waals surface area contributed by atoms with Crippen LogP contribution in [0.3, 0.4) is 0 Å². The number of aromatic nitrogens is 1. The number of azo groups is 1. The summed E-state index contributed by atoms with van der Waals surface area (Å²) in [6, 6.07) is 5.55. The summed E-state index contributed by atoms with van der Waals surface area (Å²) in [4.78, 5) is 28.7. The molecule has 1 aromatic heterocycles. The number of anilines is 2. The number of hydrogen-bond donors (Lipinski definition) is 1. The van der Waals surface area contributed by atoms with Crippen molar-refractivity contribution in [3.8, 4) is 0 Å². The first-order valence-electron chi connectivity index (χ1n) is 7.68. The number of nitrogens with one attached hydrogen (secondary N) is 1. The van der Waals surface area contributed by atoms with E-state index in [4.69, 9.17) is 11.6 Å². The Labute approximate surface area is 154 Å². The second kappa shape index (κ2) is 8.68. The van der Waals surface area contributed by atoms with Crippen molar-refractivity contribution in [3.63, 3.8) is 0 Å². The van der Waals surface area contributed by atoms with Gasteiger partial charge in [0.25, 0.3) is 0 Å². The number of halogens is 1. The van der Waals surface area contributed by atoms with Crippen LogP contribution in [0.15, 0.2) is 28.4 Å². The van der Waals surface area contributed by atoms with Crippen LogP contribution in [0.4, 0.5) is 22.2 Å². The normalized spacial score (nSPS) is 10.9. The molecule has 0 fully saturated rings. The van der Waals surface area contributed by atoms with Crippen LogP contribution < -0.4 is 10.2 Å². The van der Waals surface area contributed by atoms with Gasteiger partial charge < -0.3 is 10.2 Å². The quantitative estimate of drug-likeness (QED) is 0.551. The first-order chi connectivity index (χ1) is 12.0. The largest absolute Gasteiger partial charge is 0.372 e. The third kappa shape index (κ3) is 4.83. The number of hydrogen-bond acceptors (Lipinski definition) is 7. The fraction of sp³-hybridized carbons (Fsp3) is 0.312. The Morgan fingerprint density at radius 3 is 2.64 bits per heavy atom. The van der Waals surface area contributed by atoms with Crippen molar-refractivity contribution in [3.05, 3.63) is 28.2 Å². The zero-order chi connectivity index (χ0) is 18.4. The highest BCUT2D eigenvalue weighted by Gasteiger charge is 2.10. The molecule has 25 heavy (non-hydrogen) atoms. The number of nitrogens with zero attached hydrogens (tertiary/aromatic N) is 4. The van der Waals surface area contributed by atoms with Crippen LogP contribution in [0.25, 0.3) is 0 Å². The van der Waals surface area contributed by atoms with Crippen molar-refractivity contribution in [2.75, 3.05) is 23.3 Å². The van der Waals surface area contributed by atoms with Crippen molar-refractivity contribution in [1.29, 1.82) is 0 Å². The van der Waals surface area contributed by atoms with Crippen LogP contribution in [0.5, 0.6) is 0 Å². The summed E-state index contributed by atoms with van der Waals surface area (Å²) in [6.45, 7) is 7.26. The Hall–Kier alpha value is -2.32. The van der Waals surface area contributed by atoms with E-state index in [-0.39, 0.29) is 16.2 Å². The molecule has 0 aliphatic carbocycles. The molecular weight excluding hydrogens is 362 g/mol. The maximum atomic E-state index is 11.5. The van der Waals surface area contributed by atoms with Gasteiger partial charge in [0, 0.05) is 25.7 Å². The van der Waals surface area contributed by atoms with Gasteiger partial charge in [0.2, 0.25) is 11.0 Å². The maximum absolute atomic E-state index is 11.5. The number of aldehydes is 1. The number of carbonyl (C=O) groups is 2. The summed E-state index contributed by atoms with van der Waals surface area (Å²) in [5, 5.41) is 11.3. The van der Waals surface area contributed by atoms with E-state index in [1.54, 1.807) is 6.07 Å². The van der Waals surface area contributed by atoms with Gasteiger partial charge in [0.1, 0.15) is 10.6 Å². The van der Waals surface area contributed by atoms with Crippen molar-refractivity contribution < 1.29 is 9.59 Å². The van der Waals surface area contributed by atoms with Crippen molar-refractivity contribution in [2.24, 2.45) is 10.2 Å². The van der Waals surface area contributed by atoms with Gasteiger partial charge in [-0.1, -0.05) is 22.9 Å². The molecule has 0 radical (unpaired) electrons. The average Bonchev–Trinajstić information content (AvgIpc) is 2.94. The molecule has 1 N–H and O–H groups in total. The van der Waals surface area contributed by atoms with Gasteiger partial charge in [0.05, 0.1) is 5.69 Å². The number of carbonyl (C=O) groups excluding carboxylic acids is 2. The standard InChI is InChI=1S/C16H18ClN5O2S/c1-4-22(5-2)11-6-7-12(13(8-11)18-10(3)24)20-21-16-19-15(17)14(9-23)25-16/h6-9H,4-5H2,1-3H3,(H,18,24). The summed E-state index contributed by atoms with van der Waals surface area (Å²) in [6.07, 6.45) is 0.626. The van der Waals surface area contributed by atoms with Crippen LogP contribution in [0.2, 0.25) is 5.15 Å². The lowest BCUT2D eigenvalue weighted by atomic mass is 10.2. The molecule has 0 saturated heterocycles. The van der Waals surface area contributed by atoms with E-state index in [0.717, 1.165) is 30.1 Å². The Bertz CT molecular complexity index is 802. The summed E-state index contributed by atoms with van der Waals surface area (Å²) in [7, 11) is 0. The topological polar surface area (TPSA) is 87.0 Å². The van der Waals surface area contributed by atoms with E-state index in [2.05, 4.69) is 39.3 Å². The van der Waals surface area contributed by atoms with Crippen molar-refractivity contribution >= 4 is 57.3 Å². The molecular formula is C16H18ClN5O2S. The van der Waals surface area contributed by atoms with Crippen molar-refractivity contribution in [2.45, 2.75) is 20.8 Å². The van der Waals surface area contributed by atoms with E-state index < -0.39 is 0 Å². The third-order valence-electron chi connectivity index (χ3n) is 3.37. The van der Waals surface area contributed by atoms with Crippen LogP contribution in [0, 0.1) is 0 Å². The number of benzene rings is 1. The second-order valence-electron chi connectivity index (χ2n) is 5.02. The highest BCUT2D eigenvalue weighted by Crippen LogP contribution is 2.33. The van der Waals surface area contributed by atoms with Gasteiger partial charge >= 0.3 is 0 Å². The van der Waals surface area contributed by atoms with Gasteiger partial charge in [-0.25, -0.2) is 4.98 Å². The number of thiazole rings is 1. The van der Waals surface area contributed by atoms with E-state index in [1.807, 2.05) is 12.1 Å². The molecule has 0 unspecified atom stereocenters. The summed E-state index contributed by atoms with van der Waals surface area (Å²) in [5.41, 5.74) is 2.03. The minimum absolute atomic E-state index is 0.105. The van der Waals surface area contributed by atoms with Crippen LogP contribution in [-0.4, -0.2) is 30.3 Å². The van der Waals surface area contributed by atoms with Crippen LogP contribution >= 0.6 is 22.9 Å². The first kappa shape index (κ1) is 19.0. The Kier molecular flexibility index (Phi) is 6.60. The molecule has 1 aromatic carbocycles. The van der Waals surface area contributed by atoms with Gasteiger partial charge in [-0.15, -0.1) is 10.2 Å². The fourth-order valence-corrected chi connectivity index (χ4v) is 3.08. The predicted octanol–water partition coefficient (Wildman–Crippen LogP) is 4.83. The summed E-state index contributed by atoms with van der Waals surface area (Å²) >= 11 is 6.87. The first-order valence-corrected chi connectivity index (χ1v) is 8.87. The highest BCUT2D eigenvalue weighted by atomic mass is 35.5.